The highest BCUT2D eigenvalue weighted by Crippen LogP contribution is 2.44. The summed E-state index contributed by atoms with van der Waals surface area (Å²) < 4.78 is 17.6. The van der Waals surface area contributed by atoms with Crippen molar-refractivity contribution in [1.82, 2.24) is 4.98 Å². The Kier molecular flexibility index (Phi) is 5.12. The summed E-state index contributed by atoms with van der Waals surface area (Å²) in [5.74, 6) is 1.29. The normalized spacial score (nSPS) is 13.6. The van der Waals surface area contributed by atoms with Gasteiger partial charge in [-0.3, -0.25) is 9.78 Å². The number of nitriles is 1. The van der Waals surface area contributed by atoms with Crippen molar-refractivity contribution in [2.75, 3.05) is 13.7 Å². The van der Waals surface area contributed by atoms with Gasteiger partial charge in [-0.15, -0.1) is 0 Å². The molecule has 3 aromatic rings. The summed E-state index contributed by atoms with van der Waals surface area (Å²) in [5, 5.41) is 9.07. The molecule has 0 fully saturated rings. The zero-order valence-corrected chi connectivity index (χ0v) is 15.8. The SMILES string of the molecule is COc1c(OC(c2ccncc2)c2ccc(C#N)cc2)ccc2c1OCCC2=O. The van der Waals surface area contributed by atoms with E-state index in [9.17, 15) is 4.79 Å². The van der Waals surface area contributed by atoms with Gasteiger partial charge in [0.2, 0.25) is 5.75 Å². The average Bonchev–Trinajstić information content (AvgIpc) is 2.78. The second-order valence-corrected chi connectivity index (χ2v) is 6.51. The quantitative estimate of drug-likeness (QED) is 0.657. The predicted octanol–water partition coefficient (Wildman–Crippen LogP) is 4.10. The van der Waals surface area contributed by atoms with Gasteiger partial charge in [0.15, 0.2) is 17.3 Å². The Balaban J connectivity index is 1.77. The molecule has 1 aromatic heterocycles. The fourth-order valence-corrected chi connectivity index (χ4v) is 3.30. The molecule has 2 aromatic carbocycles. The Bertz CT molecular complexity index is 1070. The average molecular weight is 386 g/mol. The van der Waals surface area contributed by atoms with Gasteiger partial charge in [0.25, 0.3) is 0 Å². The van der Waals surface area contributed by atoms with Crippen molar-refractivity contribution >= 4 is 5.78 Å². The van der Waals surface area contributed by atoms with Crippen LogP contribution in [0.3, 0.4) is 0 Å². The number of fused-ring (bicyclic) bond motifs is 1. The molecule has 0 aliphatic carbocycles. The molecule has 0 N–H and O–H groups in total. The van der Waals surface area contributed by atoms with Gasteiger partial charge < -0.3 is 14.2 Å². The van der Waals surface area contributed by atoms with Gasteiger partial charge in [0.05, 0.1) is 30.9 Å². The fraction of sp³-hybridized carbons (Fsp3) is 0.174. The lowest BCUT2D eigenvalue weighted by molar-refractivity contribution is 0.0929. The van der Waals surface area contributed by atoms with Gasteiger partial charge in [0.1, 0.15) is 6.10 Å². The summed E-state index contributed by atoms with van der Waals surface area (Å²) in [6.45, 7) is 0.315. The van der Waals surface area contributed by atoms with Crippen LogP contribution in [0, 0.1) is 11.3 Å². The third-order valence-corrected chi connectivity index (χ3v) is 4.75. The zero-order valence-electron chi connectivity index (χ0n) is 15.8. The molecule has 144 valence electrons. The van der Waals surface area contributed by atoms with Gasteiger partial charge in [-0.1, -0.05) is 12.1 Å². The molecule has 1 atom stereocenters. The molecule has 0 amide bonds. The maximum Gasteiger partial charge on any atom is 0.204 e. The number of rotatable bonds is 5. The molecule has 0 bridgehead atoms. The minimum Gasteiger partial charge on any atom is -0.490 e. The number of aromatic nitrogens is 1. The first-order valence-corrected chi connectivity index (χ1v) is 9.15. The Labute approximate surface area is 168 Å². The van der Waals surface area contributed by atoms with Crippen molar-refractivity contribution in [3.8, 4) is 23.3 Å². The van der Waals surface area contributed by atoms with Gasteiger partial charge >= 0.3 is 0 Å². The first-order valence-electron chi connectivity index (χ1n) is 9.15. The summed E-state index contributed by atoms with van der Waals surface area (Å²) in [4.78, 5) is 16.3. The number of methoxy groups -OCH3 is 1. The third-order valence-electron chi connectivity index (χ3n) is 4.75. The number of ether oxygens (including phenoxy) is 3. The van der Waals surface area contributed by atoms with Crippen LogP contribution in [0.5, 0.6) is 17.2 Å². The van der Waals surface area contributed by atoms with Crippen molar-refractivity contribution in [3.05, 3.63) is 83.2 Å². The predicted molar refractivity (Wildman–Crippen MR) is 105 cm³/mol. The van der Waals surface area contributed by atoms with Crippen molar-refractivity contribution < 1.29 is 19.0 Å². The van der Waals surface area contributed by atoms with E-state index in [0.29, 0.717) is 41.4 Å². The number of Topliss-reactive ketones (excluding diaryl/α,β-unsaturated/α-hetero) is 1. The fourth-order valence-electron chi connectivity index (χ4n) is 3.30. The molecule has 2 heterocycles. The lowest BCUT2D eigenvalue weighted by Crippen LogP contribution is -2.17. The topological polar surface area (TPSA) is 81.4 Å². The van der Waals surface area contributed by atoms with Crippen LogP contribution in [-0.2, 0) is 0 Å². The largest absolute Gasteiger partial charge is 0.490 e. The highest BCUT2D eigenvalue weighted by molar-refractivity contribution is 6.00. The zero-order chi connectivity index (χ0) is 20.2. The van der Waals surface area contributed by atoms with Crippen molar-refractivity contribution in [3.63, 3.8) is 0 Å². The summed E-state index contributed by atoms with van der Waals surface area (Å²) in [5.41, 5.74) is 2.83. The summed E-state index contributed by atoms with van der Waals surface area (Å²) in [7, 11) is 1.52. The molecule has 0 radical (unpaired) electrons. The number of benzene rings is 2. The van der Waals surface area contributed by atoms with E-state index >= 15 is 0 Å². The number of carbonyl (C=O) groups excluding carboxylic acids is 1. The highest BCUT2D eigenvalue weighted by Gasteiger charge is 2.27. The molecule has 0 spiro atoms. The van der Waals surface area contributed by atoms with E-state index in [-0.39, 0.29) is 5.78 Å². The molecule has 1 aliphatic heterocycles. The lowest BCUT2D eigenvalue weighted by Gasteiger charge is -2.24. The molecular weight excluding hydrogens is 368 g/mol. The number of nitrogens with zero attached hydrogens (tertiary/aromatic N) is 2. The van der Waals surface area contributed by atoms with E-state index in [1.54, 1.807) is 36.7 Å². The lowest BCUT2D eigenvalue weighted by atomic mass is 10.0. The molecule has 0 saturated carbocycles. The smallest absolute Gasteiger partial charge is 0.204 e. The van der Waals surface area contributed by atoms with Gasteiger partial charge in [0, 0.05) is 18.8 Å². The van der Waals surface area contributed by atoms with Crippen LogP contribution in [0.1, 0.15) is 39.6 Å². The van der Waals surface area contributed by atoms with Crippen molar-refractivity contribution in [2.24, 2.45) is 0 Å². The van der Waals surface area contributed by atoms with Crippen LogP contribution in [0.2, 0.25) is 0 Å². The monoisotopic (exact) mass is 386 g/mol. The number of hydrogen-bond acceptors (Lipinski definition) is 6. The van der Waals surface area contributed by atoms with Gasteiger partial charge in [-0.25, -0.2) is 0 Å². The maximum absolute atomic E-state index is 12.2. The molecule has 0 saturated heterocycles. The summed E-state index contributed by atoms with van der Waals surface area (Å²) in [6, 6.07) is 16.5. The number of ketones is 1. The molecule has 4 rings (SSSR count). The van der Waals surface area contributed by atoms with E-state index in [2.05, 4.69) is 11.1 Å². The van der Waals surface area contributed by atoms with Crippen LogP contribution in [0.25, 0.3) is 0 Å². The van der Waals surface area contributed by atoms with E-state index in [1.165, 1.54) is 7.11 Å². The van der Waals surface area contributed by atoms with Gasteiger partial charge in [-0.05, 0) is 47.5 Å². The molecule has 6 heteroatoms. The number of pyridine rings is 1. The van der Waals surface area contributed by atoms with Crippen LogP contribution in [0.15, 0.2) is 60.9 Å². The minimum absolute atomic E-state index is 0.0221. The van der Waals surface area contributed by atoms with E-state index in [0.717, 1.165) is 11.1 Å². The molecule has 29 heavy (non-hydrogen) atoms. The first-order chi connectivity index (χ1) is 14.2. The molecule has 1 aliphatic rings. The van der Waals surface area contributed by atoms with Crippen molar-refractivity contribution in [2.45, 2.75) is 12.5 Å². The number of hydrogen-bond donors (Lipinski definition) is 0. The van der Waals surface area contributed by atoms with Crippen LogP contribution in [0.4, 0.5) is 0 Å². The maximum atomic E-state index is 12.2. The minimum atomic E-state index is -0.461. The Hall–Kier alpha value is -3.85. The van der Waals surface area contributed by atoms with Crippen LogP contribution < -0.4 is 14.2 Å². The summed E-state index contributed by atoms with van der Waals surface area (Å²) in [6.07, 6.45) is 3.28. The second kappa shape index (κ2) is 8.03. The van der Waals surface area contributed by atoms with Crippen LogP contribution in [-0.4, -0.2) is 24.5 Å². The van der Waals surface area contributed by atoms with Crippen LogP contribution >= 0.6 is 0 Å². The van der Waals surface area contributed by atoms with Crippen molar-refractivity contribution in [1.29, 1.82) is 5.26 Å². The van der Waals surface area contributed by atoms with E-state index in [1.807, 2.05) is 24.3 Å². The molecular formula is C23H18N2O4. The number of carbonyl (C=O) groups is 1. The Morgan fingerprint density at radius 3 is 2.48 bits per heavy atom. The Morgan fingerprint density at radius 1 is 1.07 bits per heavy atom. The van der Waals surface area contributed by atoms with Gasteiger partial charge in [-0.2, -0.15) is 5.26 Å². The summed E-state index contributed by atoms with van der Waals surface area (Å²) >= 11 is 0. The highest BCUT2D eigenvalue weighted by atomic mass is 16.5. The Morgan fingerprint density at radius 2 is 1.79 bits per heavy atom. The first kappa shape index (κ1) is 18.5. The second-order valence-electron chi connectivity index (χ2n) is 6.51. The third kappa shape index (κ3) is 3.63. The standard InChI is InChI=1S/C23H18N2O4/c1-27-23-20(7-6-18-19(26)10-13-28-22(18)23)29-21(17-8-11-25-12-9-17)16-4-2-15(14-24)3-5-16/h2-9,11-12,21H,10,13H2,1H3. The van der Waals surface area contributed by atoms with E-state index < -0.39 is 6.10 Å². The molecule has 6 nitrogen and oxygen atoms in total. The van der Waals surface area contributed by atoms with E-state index in [4.69, 9.17) is 19.5 Å². The molecule has 1 unspecified atom stereocenters.